The van der Waals surface area contributed by atoms with Crippen molar-refractivity contribution in [2.75, 3.05) is 6.61 Å². The molecule has 2 nitrogen and oxygen atoms in total. The standard InChI is InChI=1S/C15H18O2S/c1-2-17-15-8-4-3-7-13(15)14(16)10-9-12-6-5-11-18-12/h3-8,11,14,16H,2,9-10H2,1H3. The van der Waals surface area contributed by atoms with Crippen LogP contribution in [0.2, 0.25) is 0 Å². The summed E-state index contributed by atoms with van der Waals surface area (Å²) in [6, 6.07) is 11.9. The topological polar surface area (TPSA) is 29.5 Å². The molecule has 96 valence electrons. The van der Waals surface area contributed by atoms with Gasteiger partial charge in [0.25, 0.3) is 0 Å². The summed E-state index contributed by atoms with van der Waals surface area (Å²) in [6.07, 6.45) is 1.17. The highest BCUT2D eigenvalue weighted by atomic mass is 32.1. The second-order valence-corrected chi connectivity index (χ2v) is 5.14. The van der Waals surface area contributed by atoms with Crippen LogP contribution < -0.4 is 4.74 Å². The number of hydrogen-bond donors (Lipinski definition) is 1. The Hall–Kier alpha value is -1.32. The average molecular weight is 262 g/mol. The molecule has 0 bridgehead atoms. The monoisotopic (exact) mass is 262 g/mol. The van der Waals surface area contributed by atoms with Gasteiger partial charge in [0.05, 0.1) is 12.7 Å². The van der Waals surface area contributed by atoms with Crippen molar-refractivity contribution >= 4 is 11.3 Å². The molecule has 18 heavy (non-hydrogen) atoms. The summed E-state index contributed by atoms with van der Waals surface area (Å²) in [5.74, 6) is 0.790. The summed E-state index contributed by atoms with van der Waals surface area (Å²) < 4.78 is 5.54. The molecular weight excluding hydrogens is 244 g/mol. The predicted molar refractivity (Wildman–Crippen MR) is 75.2 cm³/mol. The molecule has 0 spiro atoms. The van der Waals surface area contributed by atoms with Gasteiger partial charge in [0.1, 0.15) is 5.75 Å². The minimum Gasteiger partial charge on any atom is -0.493 e. The molecule has 1 aromatic heterocycles. The van der Waals surface area contributed by atoms with Crippen LogP contribution in [0.4, 0.5) is 0 Å². The van der Waals surface area contributed by atoms with Gasteiger partial charge in [0.2, 0.25) is 0 Å². The number of ether oxygens (including phenoxy) is 1. The van der Waals surface area contributed by atoms with Gasteiger partial charge >= 0.3 is 0 Å². The molecule has 0 amide bonds. The van der Waals surface area contributed by atoms with Gasteiger partial charge in [-0.1, -0.05) is 24.3 Å². The highest BCUT2D eigenvalue weighted by Gasteiger charge is 2.13. The highest BCUT2D eigenvalue weighted by Crippen LogP contribution is 2.28. The van der Waals surface area contributed by atoms with Crippen molar-refractivity contribution in [2.24, 2.45) is 0 Å². The van der Waals surface area contributed by atoms with Crippen LogP contribution in [0.3, 0.4) is 0 Å². The van der Waals surface area contributed by atoms with Gasteiger partial charge in [-0.15, -0.1) is 11.3 Å². The molecule has 1 heterocycles. The van der Waals surface area contributed by atoms with Crippen LogP contribution in [0.15, 0.2) is 41.8 Å². The summed E-state index contributed by atoms with van der Waals surface area (Å²) >= 11 is 1.73. The maximum atomic E-state index is 10.3. The van der Waals surface area contributed by atoms with E-state index in [1.54, 1.807) is 11.3 Å². The summed E-state index contributed by atoms with van der Waals surface area (Å²) in [4.78, 5) is 1.31. The highest BCUT2D eigenvalue weighted by molar-refractivity contribution is 7.09. The molecule has 0 radical (unpaired) electrons. The van der Waals surface area contributed by atoms with Crippen molar-refractivity contribution in [2.45, 2.75) is 25.9 Å². The first kappa shape index (κ1) is 13.1. The van der Waals surface area contributed by atoms with E-state index in [0.717, 1.165) is 24.2 Å². The van der Waals surface area contributed by atoms with E-state index in [9.17, 15) is 5.11 Å². The van der Waals surface area contributed by atoms with E-state index in [1.165, 1.54) is 4.88 Å². The molecular formula is C15H18O2S. The number of hydrogen-bond acceptors (Lipinski definition) is 3. The SMILES string of the molecule is CCOc1ccccc1C(O)CCc1cccs1. The molecule has 1 N–H and O–H groups in total. The lowest BCUT2D eigenvalue weighted by atomic mass is 10.0. The van der Waals surface area contributed by atoms with Gasteiger partial charge in [0.15, 0.2) is 0 Å². The van der Waals surface area contributed by atoms with Crippen molar-refractivity contribution < 1.29 is 9.84 Å². The minimum absolute atomic E-state index is 0.463. The van der Waals surface area contributed by atoms with Crippen LogP contribution in [0.1, 0.15) is 29.9 Å². The van der Waals surface area contributed by atoms with Crippen LogP contribution >= 0.6 is 11.3 Å². The van der Waals surface area contributed by atoms with E-state index in [4.69, 9.17) is 4.74 Å². The number of aryl methyl sites for hydroxylation is 1. The van der Waals surface area contributed by atoms with Gasteiger partial charge in [-0.25, -0.2) is 0 Å². The fourth-order valence-electron chi connectivity index (χ4n) is 1.93. The summed E-state index contributed by atoms with van der Waals surface area (Å²) in [5, 5.41) is 12.3. The van der Waals surface area contributed by atoms with Gasteiger partial charge in [-0.3, -0.25) is 0 Å². The lowest BCUT2D eigenvalue weighted by Gasteiger charge is -2.15. The third-order valence-electron chi connectivity index (χ3n) is 2.82. The van der Waals surface area contributed by atoms with Crippen molar-refractivity contribution in [3.05, 3.63) is 52.2 Å². The van der Waals surface area contributed by atoms with Gasteiger partial charge in [0, 0.05) is 10.4 Å². The van der Waals surface area contributed by atoms with Crippen molar-refractivity contribution in [3.8, 4) is 5.75 Å². The molecule has 1 unspecified atom stereocenters. The fourth-order valence-corrected chi connectivity index (χ4v) is 2.66. The Balaban J connectivity index is 2.01. The zero-order valence-electron chi connectivity index (χ0n) is 10.5. The number of para-hydroxylation sites is 1. The maximum absolute atomic E-state index is 10.3. The van der Waals surface area contributed by atoms with Gasteiger partial charge < -0.3 is 9.84 Å². The minimum atomic E-state index is -0.463. The van der Waals surface area contributed by atoms with Crippen LogP contribution in [0.5, 0.6) is 5.75 Å². The smallest absolute Gasteiger partial charge is 0.125 e. The van der Waals surface area contributed by atoms with Crippen molar-refractivity contribution in [1.29, 1.82) is 0 Å². The van der Waals surface area contributed by atoms with E-state index in [0.29, 0.717) is 6.61 Å². The molecule has 0 fully saturated rings. The van der Waals surface area contributed by atoms with Crippen LogP contribution in [0.25, 0.3) is 0 Å². The number of aliphatic hydroxyl groups excluding tert-OH is 1. The summed E-state index contributed by atoms with van der Waals surface area (Å²) in [6.45, 7) is 2.57. The molecule has 0 saturated carbocycles. The van der Waals surface area contributed by atoms with E-state index < -0.39 is 6.10 Å². The van der Waals surface area contributed by atoms with E-state index in [-0.39, 0.29) is 0 Å². The molecule has 0 aliphatic carbocycles. The first-order valence-electron chi connectivity index (χ1n) is 6.23. The number of rotatable bonds is 6. The normalized spacial score (nSPS) is 12.3. The van der Waals surface area contributed by atoms with Crippen LogP contribution in [-0.4, -0.2) is 11.7 Å². The fraction of sp³-hybridized carbons (Fsp3) is 0.333. The van der Waals surface area contributed by atoms with E-state index >= 15 is 0 Å². The predicted octanol–water partition coefficient (Wildman–Crippen LogP) is 3.81. The third kappa shape index (κ3) is 3.34. The Morgan fingerprint density at radius 2 is 2.06 bits per heavy atom. The Labute approximate surface area is 112 Å². The average Bonchev–Trinajstić information content (AvgIpc) is 2.90. The summed E-state index contributed by atoms with van der Waals surface area (Å²) in [7, 11) is 0. The molecule has 0 saturated heterocycles. The third-order valence-corrected chi connectivity index (χ3v) is 3.76. The molecule has 1 atom stereocenters. The van der Waals surface area contributed by atoms with Crippen LogP contribution in [0, 0.1) is 0 Å². The number of thiophene rings is 1. The molecule has 0 aliphatic rings. The zero-order valence-corrected chi connectivity index (χ0v) is 11.3. The van der Waals surface area contributed by atoms with Gasteiger partial charge in [-0.05, 0) is 37.3 Å². The second kappa shape index (κ2) is 6.57. The molecule has 3 heteroatoms. The van der Waals surface area contributed by atoms with Crippen molar-refractivity contribution in [3.63, 3.8) is 0 Å². The van der Waals surface area contributed by atoms with Crippen LogP contribution in [-0.2, 0) is 6.42 Å². The molecule has 2 aromatic rings. The summed E-state index contributed by atoms with van der Waals surface area (Å²) in [5.41, 5.74) is 0.885. The Morgan fingerprint density at radius 1 is 1.22 bits per heavy atom. The lowest BCUT2D eigenvalue weighted by Crippen LogP contribution is -2.03. The second-order valence-electron chi connectivity index (χ2n) is 4.10. The maximum Gasteiger partial charge on any atom is 0.125 e. The number of benzene rings is 1. The zero-order chi connectivity index (χ0) is 12.8. The first-order valence-corrected chi connectivity index (χ1v) is 7.11. The Kier molecular flexibility index (Phi) is 4.79. The molecule has 2 rings (SSSR count). The Morgan fingerprint density at radius 3 is 2.78 bits per heavy atom. The quantitative estimate of drug-likeness (QED) is 0.857. The Bertz CT molecular complexity index is 465. The lowest BCUT2D eigenvalue weighted by molar-refractivity contribution is 0.162. The largest absolute Gasteiger partial charge is 0.493 e. The molecule has 1 aromatic carbocycles. The van der Waals surface area contributed by atoms with E-state index in [1.807, 2.05) is 37.3 Å². The van der Waals surface area contributed by atoms with E-state index in [2.05, 4.69) is 11.4 Å². The van der Waals surface area contributed by atoms with Crippen molar-refractivity contribution in [1.82, 2.24) is 0 Å². The van der Waals surface area contributed by atoms with Gasteiger partial charge in [-0.2, -0.15) is 0 Å². The molecule has 0 aliphatic heterocycles. The number of aliphatic hydroxyl groups is 1. The first-order chi connectivity index (χ1) is 8.81.